The molecule has 0 saturated carbocycles. The quantitative estimate of drug-likeness (QED) is 0.351. The van der Waals surface area contributed by atoms with Gasteiger partial charge in [-0.15, -0.1) is 0 Å². The number of imidazole rings is 1. The van der Waals surface area contributed by atoms with Crippen LogP contribution in [0, 0.1) is 19.8 Å². The van der Waals surface area contributed by atoms with Gasteiger partial charge in [-0.1, -0.05) is 0 Å². The predicted octanol–water partition coefficient (Wildman–Crippen LogP) is 4.20. The van der Waals surface area contributed by atoms with E-state index in [2.05, 4.69) is 20.3 Å². The van der Waals surface area contributed by atoms with Crippen LogP contribution in [0.15, 0.2) is 42.9 Å². The molecule has 2 aliphatic heterocycles. The zero-order valence-electron chi connectivity index (χ0n) is 23.9. The van der Waals surface area contributed by atoms with Gasteiger partial charge in [0.25, 0.3) is 0 Å². The van der Waals surface area contributed by atoms with Gasteiger partial charge in [0.1, 0.15) is 17.4 Å². The SMILES string of the molecule is CNC1CN(c2cc(C)cc(CC3COc4c(cc(Cn5ccnc5C)cc4-c4cn(C)nc4C(F)(F)F)C3=O)n2)C1. The largest absolute Gasteiger partial charge is 0.491 e. The van der Waals surface area contributed by atoms with Gasteiger partial charge in [-0.05, 0) is 56.3 Å². The first kappa shape index (κ1) is 28.0. The van der Waals surface area contributed by atoms with Crippen LogP contribution < -0.4 is 15.0 Å². The van der Waals surface area contributed by atoms with E-state index < -0.39 is 17.8 Å². The molecular formula is C30H32F3N7O2. The molecule has 42 heavy (non-hydrogen) atoms. The van der Waals surface area contributed by atoms with Crippen molar-refractivity contribution in [1.82, 2.24) is 29.6 Å². The third-order valence-corrected chi connectivity index (χ3v) is 7.96. The summed E-state index contributed by atoms with van der Waals surface area (Å²) >= 11 is 0. The molecule has 3 aromatic heterocycles. The fourth-order valence-electron chi connectivity index (χ4n) is 5.70. The standard InChI is InChI=1S/C30H32F3N7O2/c1-17-7-21(36-26(8-17)40-13-22(14-40)34-3)11-20-16-42-28-23(25-15-38(4)37-29(25)30(31,32)33)9-19(10-24(28)27(20)41)12-39-6-5-35-18(39)2/h5-10,15,20,22,34H,11-14,16H2,1-4H3. The summed E-state index contributed by atoms with van der Waals surface area (Å²) in [7, 11) is 3.38. The lowest BCUT2D eigenvalue weighted by atomic mass is 9.87. The summed E-state index contributed by atoms with van der Waals surface area (Å²) in [6, 6.07) is 7.80. The molecule has 1 fully saturated rings. The molecule has 6 rings (SSSR count). The smallest absolute Gasteiger partial charge is 0.435 e. The van der Waals surface area contributed by atoms with Crippen molar-refractivity contribution < 1.29 is 22.7 Å². The number of carbonyl (C=O) groups excluding carboxylic acids is 1. The normalized spacial score (nSPS) is 17.3. The summed E-state index contributed by atoms with van der Waals surface area (Å²) < 4.78 is 51.1. The minimum Gasteiger partial charge on any atom is -0.491 e. The Kier molecular flexibility index (Phi) is 7.04. The summed E-state index contributed by atoms with van der Waals surface area (Å²) in [5.74, 6) is 1.06. The highest BCUT2D eigenvalue weighted by molar-refractivity contribution is 6.04. The maximum Gasteiger partial charge on any atom is 0.435 e. The van der Waals surface area contributed by atoms with Gasteiger partial charge in [0, 0.05) is 74.6 Å². The Balaban J connectivity index is 1.37. The van der Waals surface area contributed by atoms with Crippen molar-refractivity contribution in [3.8, 4) is 16.9 Å². The Hall–Kier alpha value is -4.19. The highest BCUT2D eigenvalue weighted by atomic mass is 19.4. The number of carbonyl (C=O) groups is 1. The second kappa shape index (κ2) is 10.6. The highest BCUT2D eigenvalue weighted by Gasteiger charge is 2.40. The van der Waals surface area contributed by atoms with Crippen LogP contribution in [0.1, 0.15) is 38.7 Å². The van der Waals surface area contributed by atoms with Crippen LogP contribution in [-0.4, -0.2) is 62.9 Å². The summed E-state index contributed by atoms with van der Waals surface area (Å²) in [6.45, 7) is 5.94. The summed E-state index contributed by atoms with van der Waals surface area (Å²) in [6.07, 6.45) is 0.441. The first-order chi connectivity index (χ1) is 20.0. The zero-order chi connectivity index (χ0) is 29.8. The Labute approximate surface area is 241 Å². The fraction of sp³-hybridized carbons (Fsp3) is 0.400. The van der Waals surface area contributed by atoms with Gasteiger partial charge in [0.05, 0.1) is 18.1 Å². The topological polar surface area (TPSA) is 90.1 Å². The number of fused-ring (bicyclic) bond motifs is 1. The number of hydrogen-bond donors (Lipinski definition) is 1. The van der Waals surface area contributed by atoms with Crippen LogP contribution in [0.25, 0.3) is 11.1 Å². The Bertz CT molecular complexity index is 1650. The lowest BCUT2D eigenvalue weighted by Gasteiger charge is -2.40. The van der Waals surface area contributed by atoms with Crippen LogP contribution in [0.4, 0.5) is 19.0 Å². The molecule has 5 heterocycles. The lowest BCUT2D eigenvalue weighted by Crippen LogP contribution is -2.57. The second-order valence-corrected chi connectivity index (χ2v) is 11.1. The number of rotatable bonds is 7. The van der Waals surface area contributed by atoms with Gasteiger partial charge < -0.3 is 19.5 Å². The molecule has 220 valence electrons. The van der Waals surface area contributed by atoms with Crippen molar-refractivity contribution in [2.75, 3.05) is 31.6 Å². The number of aryl methyl sites for hydroxylation is 3. The zero-order valence-corrected chi connectivity index (χ0v) is 23.9. The van der Waals surface area contributed by atoms with Gasteiger partial charge in [-0.2, -0.15) is 18.3 Å². The van der Waals surface area contributed by atoms with Crippen LogP contribution in [0.2, 0.25) is 0 Å². The van der Waals surface area contributed by atoms with E-state index in [0.29, 0.717) is 24.6 Å². The van der Waals surface area contributed by atoms with Crippen molar-refractivity contribution in [1.29, 1.82) is 0 Å². The Morgan fingerprint density at radius 3 is 2.55 bits per heavy atom. The number of likely N-dealkylation sites (N-methyl/N-ethyl adjacent to an activating group) is 1. The number of nitrogens with zero attached hydrogens (tertiary/aromatic N) is 6. The number of pyridine rings is 1. The number of nitrogens with one attached hydrogen (secondary N) is 1. The van der Waals surface area contributed by atoms with Crippen LogP contribution >= 0.6 is 0 Å². The van der Waals surface area contributed by atoms with Gasteiger partial charge in [-0.3, -0.25) is 9.48 Å². The Morgan fingerprint density at radius 2 is 1.86 bits per heavy atom. The molecule has 0 aliphatic carbocycles. The number of aromatic nitrogens is 5. The van der Waals surface area contributed by atoms with E-state index >= 15 is 0 Å². The maximum absolute atomic E-state index is 14.0. The van der Waals surface area contributed by atoms with Gasteiger partial charge >= 0.3 is 6.18 Å². The minimum atomic E-state index is -4.68. The van der Waals surface area contributed by atoms with Crippen LogP contribution in [-0.2, 0) is 26.2 Å². The van der Waals surface area contributed by atoms with Crippen molar-refractivity contribution >= 4 is 11.6 Å². The summed E-state index contributed by atoms with van der Waals surface area (Å²) in [5.41, 5.74) is 1.79. The third-order valence-electron chi connectivity index (χ3n) is 7.96. The molecule has 4 aromatic rings. The molecule has 1 aromatic carbocycles. The minimum absolute atomic E-state index is 0.0386. The molecule has 0 spiro atoms. The molecular weight excluding hydrogens is 547 g/mol. The molecule has 0 bridgehead atoms. The molecule has 9 nitrogen and oxygen atoms in total. The monoisotopic (exact) mass is 579 g/mol. The van der Waals surface area contributed by atoms with E-state index in [-0.39, 0.29) is 34.8 Å². The third kappa shape index (κ3) is 5.26. The highest BCUT2D eigenvalue weighted by Crippen LogP contribution is 2.44. The summed E-state index contributed by atoms with van der Waals surface area (Å²) in [4.78, 5) is 25.2. The number of ether oxygens (including phenoxy) is 1. The average Bonchev–Trinajstić information content (AvgIpc) is 3.49. The van der Waals surface area contributed by atoms with E-state index in [1.54, 1.807) is 24.5 Å². The molecule has 1 atom stereocenters. The Morgan fingerprint density at radius 1 is 1.10 bits per heavy atom. The number of anilines is 1. The first-order valence-electron chi connectivity index (χ1n) is 13.8. The number of ketones is 1. The lowest BCUT2D eigenvalue weighted by molar-refractivity contribution is -0.140. The van der Waals surface area contributed by atoms with E-state index in [1.165, 1.54) is 13.2 Å². The molecule has 2 aliphatic rings. The van der Waals surface area contributed by atoms with Crippen molar-refractivity contribution in [2.24, 2.45) is 13.0 Å². The molecule has 12 heteroatoms. The van der Waals surface area contributed by atoms with Crippen molar-refractivity contribution in [3.05, 3.63) is 76.8 Å². The molecule has 1 saturated heterocycles. The van der Waals surface area contributed by atoms with Crippen LogP contribution in [0.3, 0.4) is 0 Å². The molecule has 1 unspecified atom stereocenters. The van der Waals surface area contributed by atoms with Gasteiger partial charge in [0.15, 0.2) is 11.5 Å². The van der Waals surface area contributed by atoms with E-state index in [0.717, 1.165) is 40.7 Å². The number of halogens is 3. The number of alkyl halides is 3. The number of Topliss-reactive ketones (excluding diaryl/α,β-unsaturated/α-hetero) is 1. The summed E-state index contributed by atoms with van der Waals surface area (Å²) in [5, 5.41) is 6.95. The van der Waals surface area contributed by atoms with Gasteiger partial charge in [-0.25, -0.2) is 9.97 Å². The van der Waals surface area contributed by atoms with E-state index in [1.807, 2.05) is 37.6 Å². The maximum atomic E-state index is 14.0. The number of hydrogen-bond acceptors (Lipinski definition) is 7. The second-order valence-electron chi connectivity index (χ2n) is 11.1. The predicted molar refractivity (Wildman–Crippen MR) is 151 cm³/mol. The van der Waals surface area contributed by atoms with E-state index in [9.17, 15) is 18.0 Å². The van der Waals surface area contributed by atoms with E-state index in [4.69, 9.17) is 9.72 Å². The molecule has 0 radical (unpaired) electrons. The molecule has 0 amide bonds. The number of benzene rings is 1. The average molecular weight is 580 g/mol. The molecule has 1 N–H and O–H groups in total. The van der Waals surface area contributed by atoms with Crippen molar-refractivity contribution in [3.63, 3.8) is 0 Å². The fourth-order valence-corrected chi connectivity index (χ4v) is 5.70. The van der Waals surface area contributed by atoms with Gasteiger partial charge in [0.2, 0.25) is 0 Å². The first-order valence-corrected chi connectivity index (χ1v) is 13.8. The van der Waals surface area contributed by atoms with Crippen molar-refractivity contribution in [2.45, 2.75) is 39.0 Å². The van der Waals surface area contributed by atoms with Crippen LogP contribution in [0.5, 0.6) is 5.75 Å².